The summed E-state index contributed by atoms with van der Waals surface area (Å²) in [5, 5.41) is 3.90. The maximum absolute atomic E-state index is 12.3. The summed E-state index contributed by atoms with van der Waals surface area (Å²) in [7, 11) is 0. The minimum atomic E-state index is 0. The number of aromatic nitrogens is 2. The van der Waals surface area contributed by atoms with E-state index in [4.69, 9.17) is 10.3 Å². The second-order valence-corrected chi connectivity index (χ2v) is 5.85. The van der Waals surface area contributed by atoms with Crippen LogP contribution in [0, 0.1) is 6.92 Å². The quantitative estimate of drug-likeness (QED) is 0.858. The van der Waals surface area contributed by atoms with Crippen LogP contribution in [0.1, 0.15) is 17.1 Å². The van der Waals surface area contributed by atoms with E-state index in [1.165, 1.54) is 0 Å². The number of hydrogen-bond donors (Lipinski definition) is 1. The van der Waals surface area contributed by atoms with Gasteiger partial charge in [0.2, 0.25) is 5.91 Å². The normalized spacial score (nSPS) is 14.5. The zero-order valence-corrected chi connectivity index (χ0v) is 15.7. The molecule has 2 N–H and O–H groups in total. The predicted octanol–water partition coefficient (Wildman–Crippen LogP) is 1.69. The molecule has 1 aliphatic heterocycles. The molecule has 0 bridgehead atoms. The van der Waals surface area contributed by atoms with E-state index >= 15 is 0 Å². The van der Waals surface area contributed by atoms with Crippen LogP contribution >= 0.6 is 24.8 Å². The Balaban J connectivity index is 0.00000156. The van der Waals surface area contributed by atoms with Crippen LogP contribution < -0.4 is 5.73 Å². The number of aryl methyl sites for hydroxylation is 1. The molecule has 3 heterocycles. The van der Waals surface area contributed by atoms with Crippen molar-refractivity contribution >= 4 is 36.4 Å². The van der Waals surface area contributed by atoms with Gasteiger partial charge in [0.15, 0.2) is 5.76 Å². The number of halogens is 2. The summed E-state index contributed by atoms with van der Waals surface area (Å²) in [5.74, 6) is 0.978. The van der Waals surface area contributed by atoms with Crippen LogP contribution in [-0.2, 0) is 17.8 Å². The second-order valence-electron chi connectivity index (χ2n) is 5.85. The fourth-order valence-corrected chi connectivity index (χ4v) is 2.67. The molecule has 1 amide bonds. The largest absolute Gasteiger partial charge is 0.397 e. The molecule has 0 atom stereocenters. The van der Waals surface area contributed by atoms with Crippen molar-refractivity contribution in [1.82, 2.24) is 19.9 Å². The molecule has 0 spiro atoms. The minimum absolute atomic E-state index is 0. The summed E-state index contributed by atoms with van der Waals surface area (Å²) in [6, 6.07) is 5.52. The number of anilines is 1. The highest BCUT2D eigenvalue weighted by Crippen LogP contribution is 2.11. The van der Waals surface area contributed by atoms with Crippen LogP contribution in [0.2, 0.25) is 0 Å². The molecular weight excluding hydrogens is 365 g/mol. The molecule has 1 aliphatic rings. The molecule has 1 fully saturated rings. The van der Waals surface area contributed by atoms with E-state index in [1.807, 2.05) is 17.9 Å². The Morgan fingerprint density at radius 1 is 1.24 bits per heavy atom. The second kappa shape index (κ2) is 9.60. The van der Waals surface area contributed by atoms with Gasteiger partial charge in [0.1, 0.15) is 0 Å². The Hall–Kier alpha value is -1.83. The van der Waals surface area contributed by atoms with E-state index in [0.717, 1.165) is 49.9 Å². The van der Waals surface area contributed by atoms with E-state index in [9.17, 15) is 4.79 Å². The fourth-order valence-electron chi connectivity index (χ4n) is 2.67. The van der Waals surface area contributed by atoms with Crippen LogP contribution in [0.25, 0.3) is 0 Å². The highest BCUT2D eigenvalue weighted by Gasteiger charge is 2.22. The third-order valence-electron chi connectivity index (χ3n) is 3.96. The first-order valence-electron chi connectivity index (χ1n) is 7.73. The smallest absolute Gasteiger partial charge is 0.228 e. The lowest BCUT2D eigenvalue weighted by atomic mass is 10.2. The molecule has 0 aliphatic carbocycles. The molecule has 0 saturated carbocycles. The Bertz CT molecular complexity index is 669. The first-order chi connectivity index (χ1) is 11.1. The predicted molar refractivity (Wildman–Crippen MR) is 99.9 cm³/mol. The Kier molecular flexibility index (Phi) is 8.15. The summed E-state index contributed by atoms with van der Waals surface area (Å²) in [5.41, 5.74) is 7.86. The summed E-state index contributed by atoms with van der Waals surface area (Å²) in [4.78, 5) is 20.7. The summed E-state index contributed by atoms with van der Waals surface area (Å²) >= 11 is 0. The molecule has 2 aromatic heterocycles. The van der Waals surface area contributed by atoms with Crippen LogP contribution in [0.5, 0.6) is 0 Å². The van der Waals surface area contributed by atoms with Crippen molar-refractivity contribution in [3.8, 4) is 0 Å². The maximum atomic E-state index is 12.3. The third-order valence-corrected chi connectivity index (χ3v) is 3.96. The number of nitrogen functional groups attached to an aromatic ring is 1. The molecule has 9 heteroatoms. The van der Waals surface area contributed by atoms with Crippen LogP contribution in [0.3, 0.4) is 0 Å². The van der Waals surface area contributed by atoms with Gasteiger partial charge in [0.05, 0.1) is 30.5 Å². The van der Waals surface area contributed by atoms with Crippen LogP contribution in [0.15, 0.2) is 28.9 Å². The van der Waals surface area contributed by atoms with Gasteiger partial charge in [-0.1, -0.05) is 5.16 Å². The average Bonchev–Trinajstić information content (AvgIpc) is 2.95. The van der Waals surface area contributed by atoms with Crippen molar-refractivity contribution in [3.63, 3.8) is 0 Å². The number of carbonyl (C=O) groups is 1. The molecule has 25 heavy (non-hydrogen) atoms. The first kappa shape index (κ1) is 21.2. The first-order valence-corrected chi connectivity index (χ1v) is 7.73. The van der Waals surface area contributed by atoms with Gasteiger partial charge in [0, 0.05) is 37.9 Å². The molecule has 3 rings (SSSR count). The lowest BCUT2D eigenvalue weighted by Crippen LogP contribution is -2.48. The van der Waals surface area contributed by atoms with Gasteiger partial charge < -0.3 is 15.2 Å². The van der Waals surface area contributed by atoms with Crippen LogP contribution in [0.4, 0.5) is 5.69 Å². The number of carbonyl (C=O) groups excluding carboxylic acids is 1. The molecule has 0 radical (unpaired) electrons. The van der Waals surface area contributed by atoms with Crippen molar-refractivity contribution in [3.05, 3.63) is 41.5 Å². The summed E-state index contributed by atoms with van der Waals surface area (Å²) in [6.45, 7) is 5.76. The number of amides is 1. The van der Waals surface area contributed by atoms with E-state index in [1.54, 1.807) is 18.3 Å². The van der Waals surface area contributed by atoms with Crippen LogP contribution in [-0.4, -0.2) is 52.0 Å². The van der Waals surface area contributed by atoms with Crippen molar-refractivity contribution < 1.29 is 9.32 Å². The fraction of sp³-hybridized carbons (Fsp3) is 0.438. The average molecular weight is 388 g/mol. The van der Waals surface area contributed by atoms with Gasteiger partial charge in [-0.25, -0.2) is 0 Å². The zero-order chi connectivity index (χ0) is 16.2. The van der Waals surface area contributed by atoms with Gasteiger partial charge in [-0.15, -0.1) is 24.8 Å². The van der Waals surface area contributed by atoms with Gasteiger partial charge in [-0.05, 0) is 19.1 Å². The van der Waals surface area contributed by atoms with Crippen molar-refractivity contribution in [2.24, 2.45) is 0 Å². The zero-order valence-electron chi connectivity index (χ0n) is 14.1. The Morgan fingerprint density at radius 2 is 1.96 bits per heavy atom. The lowest BCUT2D eigenvalue weighted by molar-refractivity contribution is -0.132. The molecular formula is C16H23Cl2N5O2. The molecule has 138 valence electrons. The van der Waals surface area contributed by atoms with E-state index < -0.39 is 0 Å². The Labute approximate surface area is 159 Å². The Morgan fingerprint density at radius 3 is 2.52 bits per heavy atom. The van der Waals surface area contributed by atoms with Gasteiger partial charge in [0.25, 0.3) is 0 Å². The number of rotatable bonds is 4. The topological polar surface area (TPSA) is 88.5 Å². The van der Waals surface area contributed by atoms with Crippen molar-refractivity contribution in [2.45, 2.75) is 19.9 Å². The number of nitrogens with two attached hydrogens (primary N) is 1. The standard InChI is InChI=1S/C16H21N5O2.2ClH/c1-12-8-15(23-19-12)11-20-4-6-21(7-5-20)16(22)9-14-3-2-13(17)10-18-14;;/h2-3,8,10H,4-7,9,11,17H2,1H3;2*1H. The number of nitrogens with zero attached hydrogens (tertiary/aromatic N) is 4. The summed E-state index contributed by atoms with van der Waals surface area (Å²) < 4.78 is 5.24. The highest BCUT2D eigenvalue weighted by atomic mass is 35.5. The van der Waals surface area contributed by atoms with Crippen molar-refractivity contribution in [2.75, 3.05) is 31.9 Å². The van der Waals surface area contributed by atoms with Gasteiger partial charge in [-0.3, -0.25) is 14.7 Å². The maximum Gasteiger partial charge on any atom is 0.228 e. The van der Waals surface area contributed by atoms with Gasteiger partial charge >= 0.3 is 0 Å². The van der Waals surface area contributed by atoms with E-state index in [2.05, 4.69) is 15.0 Å². The summed E-state index contributed by atoms with van der Waals surface area (Å²) in [6.07, 6.45) is 1.90. The molecule has 0 aromatic carbocycles. The molecule has 7 nitrogen and oxygen atoms in total. The SMILES string of the molecule is Cc1cc(CN2CCN(C(=O)Cc3ccc(N)cn3)CC2)on1.Cl.Cl. The number of hydrogen-bond acceptors (Lipinski definition) is 6. The number of piperazine rings is 1. The molecule has 1 saturated heterocycles. The highest BCUT2D eigenvalue weighted by molar-refractivity contribution is 5.85. The minimum Gasteiger partial charge on any atom is -0.397 e. The molecule has 2 aromatic rings. The van der Waals surface area contributed by atoms with Crippen molar-refractivity contribution in [1.29, 1.82) is 0 Å². The molecule has 0 unspecified atom stereocenters. The van der Waals surface area contributed by atoms with E-state index in [-0.39, 0.29) is 30.7 Å². The van der Waals surface area contributed by atoms with E-state index in [0.29, 0.717) is 12.1 Å². The monoisotopic (exact) mass is 387 g/mol. The lowest BCUT2D eigenvalue weighted by Gasteiger charge is -2.34. The number of pyridine rings is 1. The van der Waals surface area contributed by atoms with Gasteiger partial charge in [-0.2, -0.15) is 0 Å². The third kappa shape index (κ3) is 5.88.